The smallest absolute Gasteiger partial charge is 0.167 e. The zero-order valence-corrected chi connectivity index (χ0v) is 49.7. The van der Waals surface area contributed by atoms with Crippen LogP contribution in [-0.4, -0.2) is 33.2 Å². The van der Waals surface area contributed by atoms with Gasteiger partial charge in [-0.05, 0) is 72.8 Å². The molecule has 13 aromatic carbocycles. The number of thiophene rings is 2. The van der Waals surface area contributed by atoms with E-state index in [4.69, 9.17) is 15.0 Å². The second-order valence-electron chi connectivity index (χ2n) is 23.3. The Morgan fingerprint density at radius 1 is 0.222 bits per heavy atom. The third-order valence-electron chi connectivity index (χ3n) is 18.6. The van der Waals surface area contributed by atoms with E-state index in [9.17, 15) is 0 Å². The van der Waals surface area contributed by atoms with Gasteiger partial charge < -0.3 is 18.3 Å². The Morgan fingerprint density at radius 3 is 0.778 bits per heavy atom. The Balaban J connectivity index is 0.994. The first-order chi connectivity index (χ1) is 44.7. The average Bonchev–Trinajstić information content (AvgIpc) is 1.76. The van der Waals surface area contributed by atoms with E-state index < -0.39 is 0 Å². The van der Waals surface area contributed by atoms with Crippen molar-refractivity contribution in [3.05, 3.63) is 285 Å². The summed E-state index contributed by atoms with van der Waals surface area (Å²) in [6, 6.07) is 104. The highest BCUT2D eigenvalue weighted by molar-refractivity contribution is 7.27. The fourth-order valence-electron chi connectivity index (χ4n) is 14.9. The van der Waals surface area contributed by atoms with Gasteiger partial charge in [0, 0.05) is 79.6 Å². The van der Waals surface area contributed by atoms with Crippen molar-refractivity contribution in [2.45, 2.75) is 0 Å². The molecule has 0 N–H and O–H groups in total. The molecule has 0 saturated carbocycles. The van der Waals surface area contributed by atoms with Gasteiger partial charge in [0.05, 0.1) is 87.4 Å². The highest BCUT2D eigenvalue weighted by Gasteiger charge is 2.31. The van der Waals surface area contributed by atoms with E-state index in [1.165, 1.54) is 63.3 Å². The van der Waals surface area contributed by atoms with Crippen molar-refractivity contribution in [2.75, 3.05) is 0 Å². The van der Waals surface area contributed by atoms with Gasteiger partial charge in [0.15, 0.2) is 17.5 Å². The first kappa shape index (κ1) is 49.6. The van der Waals surface area contributed by atoms with Crippen LogP contribution in [0.3, 0.4) is 0 Å². The number of hydrogen-bond acceptors (Lipinski definition) is 5. The van der Waals surface area contributed by atoms with Crippen LogP contribution in [0.4, 0.5) is 0 Å². The molecule has 90 heavy (non-hydrogen) atoms. The van der Waals surface area contributed by atoms with E-state index in [1.807, 2.05) is 22.7 Å². The second kappa shape index (κ2) is 19.0. The maximum Gasteiger partial charge on any atom is 0.167 e. The molecular formula is C81H47N7S2. The monoisotopic (exact) mass is 1180 g/mol. The van der Waals surface area contributed by atoms with Gasteiger partial charge in [0.1, 0.15) is 0 Å². The van der Waals surface area contributed by atoms with Crippen molar-refractivity contribution in [3.8, 4) is 56.9 Å². The molecule has 0 aliphatic heterocycles. The first-order valence-corrected chi connectivity index (χ1v) is 32.1. The van der Waals surface area contributed by atoms with Crippen LogP contribution in [0, 0.1) is 0 Å². The topological polar surface area (TPSA) is 58.4 Å². The SMILES string of the molecule is c1ccc(-c2nc(-c3c(-n4c5ccccc5c5ccccc54)cc(-n4c5ccccc5c5ccccc54)c4c3sc3ccccc34)nc(-c3c(-n4c5ccccc5c5ccccc54)cc(-n4c5ccccc5c5ccccc54)c4c3sc3ccccc34)n2)cc1. The Kier molecular flexibility index (Phi) is 10.5. The van der Waals surface area contributed by atoms with E-state index in [2.05, 4.69) is 303 Å². The summed E-state index contributed by atoms with van der Waals surface area (Å²) in [6.45, 7) is 0. The number of para-hydroxylation sites is 8. The summed E-state index contributed by atoms with van der Waals surface area (Å²) in [4.78, 5) is 17.8. The summed E-state index contributed by atoms with van der Waals surface area (Å²) in [5.41, 5.74) is 15.8. The summed E-state index contributed by atoms with van der Waals surface area (Å²) in [5.74, 6) is 1.74. The number of benzene rings is 13. The zero-order valence-electron chi connectivity index (χ0n) is 48.1. The van der Waals surface area contributed by atoms with Crippen LogP contribution < -0.4 is 0 Å². The maximum absolute atomic E-state index is 6.14. The van der Waals surface area contributed by atoms with Crippen LogP contribution in [0.15, 0.2) is 285 Å². The van der Waals surface area contributed by atoms with Crippen molar-refractivity contribution in [1.82, 2.24) is 33.2 Å². The molecule has 0 fully saturated rings. The minimum absolute atomic E-state index is 0.579. The van der Waals surface area contributed by atoms with Crippen LogP contribution in [0.1, 0.15) is 0 Å². The Morgan fingerprint density at radius 2 is 0.467 bits per heavy atom. The molecule has 7 heterocycles. The lowest BCUT2D eigenvalue weighted by Crippen LogP contribution is -2.08. The molecule has 7 nitrogen and oxygen atoms in total. The third kappa shape index (κ3) is 6.95. The average molecular weight is 1180 g/mol. The normalized spacial score (nSPS) is 12.2. The standard InChI is InChI=1S/C81H47N7S2/c1-2-24-48(25-3-1)79-82-80(75-69(87-63-40-18-8-30-53(63)54-31-9-19-41-64(54)87)46-67(73-57-34-12-22-44-71(57)89-77(73)75)85-59-36-14-4-26-49(59)50-27-5-15-37-60(50)85)84-81(83-79)76-70(88-65-42-20-10-32-55(65)56-33-11-21-43-66(56)88)47-68(74-58-35-13-23-45-72(58)90-78(74)76)86-61-38-16-6-28-51(61)52-29-7-17-39-62(52)86/h1-47H. The molecule has 0 aliphatic carbocycles. The molecule has 0 unspecified atom stereocenters. The van der Waals surface area contributed by atoms with Gasteiger partial charge in [-0.15, -0.1) is 22.7 Å². The molecular weight excluding hydrogens is 1140 g/mol. The molecule has 9 heteroatoms. The molecule has 20 aromatic rings. The van der Waals surface area contributed by atoms with Crippen LogP contribution in [0.25, 0.3) is 184 Å². The minimum Gasteiger partial charge on any atom is -0.308 e. The lowest BCUT2D eigenvalue weighted by atomic mass is 10.0. The molecule has 20 rings (SSSR count). The largest absolute Gasteiger partial charge is 0.308 e. The number of hydrogen-bond donors (Lipinski definition) is 0. The molecule has 0 atom stereocenters. The van der Waals surface area contributed by atoms with E-state index in [0.717, 1.165) is 104 Å². The second-order valence-corrected chi connectivity index (χ2v) is 25.4. The van der Waals surface area contributed by atoms with E-state index in [1.54, 1.807) is 0 Å². The van der Waals surface area contributed by atoms with Crippen LogP contribution >= 0.6 is 22.7 Å². The number of fused-ring (bicyclic) bond motifs is 18. The fourth-order valence-corrected chi connectivity index (χ4v) is 17.4. The van der Waals surface area contributed by atoms with Gasteiger partial charge in [-0.25, -0.2) is 15.0 Å². The lowest BCUT2D eigenvalue weighted by molar-refractivity contribution is 1.06. The lowest BCUT2D eigenvalue weighted by Gasteiger charge is -2.21. The predicted octanol–water partition coefficient (Wildman–Crippen LogP) is 22.0. The highest BCUT2D eigenvalue weighted by Crippen LogP contribution is 2.52. The molecule has 0 aliphatic rings. The molecule has 7 aromatic heterocycles. The summed E-state index contributed by atoms with van der Waals surface area (Å²) < 4.78 is 14.5. The highest BCUT2D eigenvalue weighted by atomic mass is 32.1. The van der Waals surface area contributed by atoms with Crippen molar-refractivity contribution < 1.29 is 0 Å². The van der Waals surface area contributed by atoms with Crippen molar-refractivity contribution in [2.24, 2.45) is 0 Å². The molecule has 0 bridgehead atoms. The Hall–Kier alpha value is -11.5. The Labute approximate surface area is 522 Å². The molecule has 0 amide bonds. The van der Waals surface area contributed by atoms with E-state index in [0.29, 0.717) is 17.5 Å². The van der Waals surface area contributed by atoms with E-state index in [-0.39, 0.29) is 0 Å². The zero-order chi connectivity index (χ0) is 58.7. The van der Waals surface area contributed by atoms with E-state index >= 15 is 0 Å². The summed E-state index contributed by atoms with van der Waals surface area (Å²) >= 11 is 3.62. The van der Waals surface area contributed by atoms with Gasteiger partial charge in [0.25, 0.3) is 0 Å². The summed E-state index contributed by atoms with van der Waals surface area (Å²) in [5, 5.41) is 14.1. The molecule has 0 radical (unpaired) electrons. The van der Waals surface area contributed by atoms with Gasteiger partial charge in [-0.2, -0.15) is 0 Å². The first-order valence-electron chi connectivity index (χ1n) is 30.4. The third-order valence-corrected chi connectivity index (χ3v) is 21.0. The maximum atomic E-state index is 6.14. The quantitative estimate of drug-likeness (QED) is 0.160. The number of aromatic nitrogens is 7. The number of nitrogens with zero attached hydrogens (tertiary/aromatic N) is 7. The van der Waals surface area contributed by atoms with Crippen molar-refractivity contribution in [1.29, 1.82) is 0 Å². The molecule has 0 spiro atoms. The minimum atomic E-state index is 0.579. The van der Waals surface area contributed by atoms with Gasteiger partial charge in [0.2, 0.25) is 0 Å². The van der Waals surface area contributed by atoms with Crippen LogP contribution in [-0.2, 0) is 0 Å². The van der Waals surface area contributed by atoms with Gasteiger partial charge >= 0.3 is 0 Å². The van der Waals surface area contributed by atoms with Gasteiger partial charge in [-0.3, -0.25) is 0 Å². The van der Waals surface area contributed by atoms with Crippen LogP contribution in [0.2, 0.25) is 0 Å². The van der Waals surface area contributed by atoms with Crippen LogP contribution in [0.5, 0.6) is 0 Å². The van der Waals surface area contributed by atoms with Gasteiger partial charge in [-0.1, -0.05) is 212 Å². The predicted molar refractivity (Wildman–Crippen MR) is 379 cm³/mol. The summed E-state index contributed by atoms with van der Waals surface area (Å²) in [7, 11) is 0. The molecule has 0 saturated heterocycles. The van der Waals surface area contributed by atoms with Crippen molar-refractivity contribution in [3.63, 3.8) is 0 Å². The fraction of sp³-hybridized carbons (Fsp3) is 0. The van der Waals surface area contributed by atoms with Crippen molar-refractivity contribution >= 4 is 150 Å². The number of rotatable bonds is 7. The Bertz CT molecular complexity index is 5850. The molecule has 418 valence electrons. The summed E-state index contributed by atoms with van der Waals surface area (Å²) in [6.07, 6.45) is 0.